The van der Waals surface area contributed by atoms with Crippen LogP contribution in [0.25, 0.3) is 0 Å². The minimum absolute atomic E-state index is 0.000497. The van der Waals surface area contributed by atoms with Crippen molar-refractivity contribution in [3.63, 3.8) is 0 Å². The Balaban J connectivity index is 1.52. The summed E-state index contributed by atoms with van der Waals surface area (Å²) in [4.78, 5) is 90.0. The van der Waals surface area contributed by atoms with Crippen LogP contribution in [0.4, 0.5) is 10.5 Å². The van der Waals surface area contributed by atoms with E-state index in [2.05, 4.69) is 20.9 Å². The van der Waals surface area contributed by atoms with Gasteiger partial charge < -0.3 is 55.3 Å². The Morgan fingerprint density at radius 3 is 2.21 bits per heavy atom. The number of rotatable bonds is 29. The monoisotopic (exact) mass is 1000 g/mol. The predicted octanol–water partition coefficient (Wildman–Crippen LogP) is 5.92. The van der Waals surface area contributed by atoms with Crippen LogP contribution < -0.4 is 21.7 Å². The molecule has 0 radical (unpaired) electrons. The summed E-state index contributed by atoms with van der Waals surface area (Å²) in [7, 11) is 6.36. The largest absolute Gasteiger partial charge is 0.445 e. The van der Waals surface area contributed by atoms with Crippen LogP contribution in [0.5, 0.6) is 0 Å². The van der Waals surface area contributed by atoms with Crippen LogP contribution in [-0.2, 0) is 56.1 Å². The molecule has 1 aromatic heterocycles. The van der Waals surface area contributed by atoms with Gasteiger partial charge in [0, 0.05) is 70.7 Å². The summed E-state index contributed by atoms with van der Waals surface area (Å²) in [6.45, 7) is 18.2. The van der Waals surface area contributed by atoms with Gasteiger partial charge in [-0.3, -0.25) is 24.0 Å². The second-order valence-corrected chi connectivity index (χ2v) is 21.2. The zero-order chi connectivity index (χ0) is 52.3. The van der Waals surface area contributed by atoms with Crippen molar-refractivity contribution in [2.75, 3.05) is 53.7 Å². The number of nitrogens with two attached hydrogens (primary N) is 1. The third kappa shape index (κ3) is 18.4. The van der Waals surface area contributed by atoms with Crippen molar-refractivity contribution in [2.24, 2.45) is 17.8 Å². The highest BCUT2D eigenvalue weighted by Gasteiger charge is 2.42. The van der Waals surface area contributed by atoms with Crippen molar-refractivity contribution < 1.29 is 47.7 Å². The summed E-state index contributed by atoms with van der Waals surface area (Å²) >= 11 is 1.46. The molecule has 70 heavy (non-hydrogen) atoms. The van der Waals surface area contributed by atoms with Gasteiger partial charge in [0.05, 0.1) is 55.3 Å². The summed E-state index contributed by atoms with van der Waals surface area (Å²) in [5.41, 5.74) is 6.04. The van der Waals surface area contributed by atoms with Crippen molar-refractivity contribution in [2.45, 2.75) is 168 Å². The van der Waals surface area contributed by atoms with E-state index >= 15 is 0 Å². The highest BCUT2D eigenvalue weighted by atomic mass is 32.1. The number of likely N-dealkylation sites (tertiary alicyclic amines) is 1. The standard InChI is InChI=1S/C51H84N8O10S/c1-14-34(4)45(39(66-12)29-42(61)59-26-16-17-38(59)46(67-13)35(5)47(63)54-30-40-53-25-28-70-40)58(11)43(62)31-55-48(64)44(33(2)3)57(10)41(60)18-15-23-51(8,9)69-27-24-50(6,7)56-49(65)68-32-36-19-21-37(52)22-20-36/h19-22,25,28,33-35,38-39,44-46H,14-18,23-24,26-27,29-32,52H2,1-13H3,(H,54,63)(H,55,64)(H,56,65)/t34?,35-,38+,39-,44?,45?,46-/m1/s1. The normalized spacial score (nSPS) is 16.7. The molecule has 5 N–H and O–H groups in total. The SMILES string of the molecule is CCC(C)C([C@@H](CC(=O)N1CCC[C@H]1[C@H](OC)[C@@H](C)C(=O)NCc1nccs1)OC)N(C)C(=O)CNC(=O)C(C(C)C)N(C)C(=O)CCCC(C)(C)OCCC(C)(C)NC(=O)OCc1ccc(N)cc1. The van der Waals surface area contributed by atoms with Crippen LogP contribution in [0.1, 0.15) is 124 Å². The number of alkyl carbamates (subject to hydrolysis) is 1. The predicted molar refractivity (Wildman–Crippen MR) is 271 cm³/mol. The molecule has 3 unspecified atom stereocenters. The highest BCUT2D eigenvalue weighted by molar-refractivity contribution is 7.09. The van der Waals surface area contributed by atoms with Gasteiger partial charge in [0.25, 0.3) is 0 Å². The van der Waals surface area contributed by atoms with Crippen molar-refractivity contribution in [3.05, 3.63) is 46.4 Å². The van der Waals surface area contributed by atoms with E-state index in [-0.39, 0.29) is 67.5 Å². The third-order valence-corrected chi connectivity index (χ3v) is 14.3. The number of likely N-dealkylation sites (N-methyl/N-ethyl adjacent to an activating group) is 2. The van der Waals surface area contributed by atoms with Gasteiger partial charge in [0.15, 0.2) is 0 Å². The number of nitrogens with one attached hydrogen (secondary N) is 3. The number of amides is 6. The van der Waals surface area contributed by atoms with Crippen molar-refractivity contribution >= 4 is 52.7 Å². The van der Waals surface area contributed by atoms with Crippen molar-refractivity contribution in [3.8, 4) is 0 Å². The average Bonchev–Trinajstić information content (AvgIpc) is 4.02. The minimum atomic E-state index is -0.825. The number of carbonyl (C=O) groups excluding carboxylic acids is 6. The van der Waals surface area contributed by atoms with E-state index in [1.54, 1.807) is 68.4 Å². The number of ether oxygens (including phenoxy) is 4. The van der Waals surface area contributed by atoms with E-state index in [0.29, 0.717) is 57.5 Å². The van der Waals surface area contributed by atoms with Crippen LogP contribution in [0, 0.1) is 17.8 Å². The molecule has 0 saturated carbocycles. The number of benzene rings is 1. The number of nitrogens with zero attached hydrogens (tertiary/aromatic N) is 4. The van der Waals surface area contributed by atoms with Gasteiger partial charge in [-0.25, -0.2) is 9.78 Å². The quantitative estimate of drug-likeness (QED) is 0.0698. The first-order valence-corrected chi connectivity index (χ1v) is 25.6. The van der Waals surface area contributed by atoms with E-state index in [9.17, 15) is 28.8 Å². The fourth-order valence-electron chi connectivity index (χ4n) is 9.10. The van der Waals surface area contributed by atoms with Crippen LogP contribution in [0.2, 0.25) is 0 Å². The van der Waals surface area contributed by atoms with E-state index in [4.69, 9.17) is 24.7 Å². The zero-order valence-corrected chi connectivity index (χ0v) is 44.9. The maximum atomic E-state index is 14.1. The number of nitrogen functional groups attached to an aromatic ring is 1. The van der Waals surface area contributed by atoms with E-state index < -0.39 is 53.3 Å². The second-order valence-electron chi connectivity index (χ2n) is 20.2. The summed E-state index contributed by atoms with van der Waals surface area (Å²) in [5.74, 6) is -2.21. The Bertz CT molecular complexity index is 1970. The maximum absolute atomic E-state index is 14.1. The molecule has 1 aliphatic rings. The molecule has 2 heterocycles. The molecule has 0 bridgehead atoms. The third-order valence-electron chi connectivity index (χ3n) is 13.5. The van der Waals surface area contributed by atoms with Crippen LogP contribution in [-0.4, -0.2) is 145 Å². The van der Waals surface area contributed by atoms with Crippen molar-refractivity contribution in [1.82, 2.24) is 35.6 Å². The molecule has 2 aromatic rings. The number of carbonyl (C=O) groups is 6. The molecular weight excluding hydrogens is 917 g/mol. The lowest BCUT2D eigenvalue weighted by atomic mass is 9.90. The van der Waals surface area contributed by atoms with E-state index in [0.717, 1.165) is 17.0 Å². The fraction of sp³-hybridized carbons (Fsp3) is 0.706. The Kier molecular flexibility index (Phi) is 24.0. The minimum Gasteiger partial charge on any atom is -0.445 e. The topological polar surface area (TPSA) is 224 Å². The second kappa shape index (κ2) is 28.3. The molecule has 7 atom stereocenters. The molecule has 6 amide bonds. The molecular formula is C51H84N8O10S. The Hall–Kier alpha value is -4.85. The molecule has 0 spiro atoms. The lowest BCUT2D eigenvalue weighted by molar-refractivity contribution is -0.146. The van der Waals surface area contributed by atoms with Gasteiger partial charge in [0.2, 0.25) is 29.5 Å². The number of anilines is 1. The van der Waals surface area contributed by atoms with Gasteiger partial charge in [-0.05, 0) is 89.3 Å². The molecule has 1 aliphatic heterocycles. The average molecular weight is 1000 g/mol. The molecule has 394 valence electrons. The summed E-state index contributed by atoms with van der Waals surface area (Å²) < 4.78 is 23.5. The number of methoxy groups -OCH3 is 2. The number of hydrogen-bond acceptors (Lipinski definition) is 13. The van der Waals surface area contributed by atoms with Gasteiger partial charge >= 0.3 is 6.09 Å². The number of aromatic nitrogens is 1. The fourth-order valence-corrected chi connectivity index (χ4v) is 9.65. The summed E-state index contributed by atoms with van der Waals surface area (Å²) in [6, 6.07) is 5.46. The van der Waals surface area contributed by atoms with Crippen LogP contribution >= 0.6 is 11.3 Å². The Labute approximate surface area is 420 Å². The first-order chi connectivity index (χ1) is 32.9. The Morgan fingerprint density at radius 2 is 1.61 bits per heavy atom. The molecule has 18 nitrogen and oxygen atoms in total. The zero-order valence-electron chi connectivity index (χ0n) is 44.1. The molecule has 1 saturated heterocycles. The maximum Gasteiger partial charge on any atom is 0.407 e. The molecule has 3 rings (SSSR count). The summed E-state index contributed by atoms with van der Waals surface area (Å²) in [5, 5.41) is 11.3. The van der Waals surface area contributed by atoms with Crippen LogP contribution in [0.15, 0.2) is 35.8 Å². The number of thiazole rings is 1. The van der Waals surface area contributed by atoms with E-state index in [1.165, 1.54) is 23.3 Å². The molecule has 19 heteroatoms. The van der Waals surface area contributed by atoms with Crippen LogP contribution in [0.3, 0.4) is 0 Å². The smallest absolute Gasteiger partial charge is 0.407 e. The lowest BCUT2D eigenvalue weighted by Crippen LogP contribution is -2.55. The van der Waals surface area contributed by atoms with E-state index in [1.807, 2.05) is 60.8 Å². The number of hydrogen-bond donors (Lipinski definition) is 4. The van der Waals surface area contributed by atoms with Gasteiger partial charge in [-0.2, -0.15) is 0 Å². The molecule has 1 fully saturated rings. The lowest BCUT2D eigenvalue weighted by Gasteiger charge is -2.39. The first-order valence-electron chi connectivity index (χ1n) is 24.7. The first kappa shape index (κ1) is 59.5. The highest BCUT2D eigenvalue weighted by Crippen LogP contribution is 2.30. The van der Waals surface area contributed by atoms with Crippen molar-refractivity contribution in [1.29, 1.82) is 0 Å². The molecule has 0 aliphatic carbocycles. The molecule has 1 aromatic carbocycles. The Morgan fingerprint density at radius 1 is 0.929 bits per heavy atom. The van der Waals surface area contributed by atoms with Gasteiger partial charge in [0.1, 0.15) is 17.7 Å². The van der Waals surface area contributed by atoms with Gasteiger partial charge in [-0.15, -0.1) is 11.3 Å². The summed E-state index contributed by atoms with van der Waals surface area (Å²) in [6.07, 6.45) is 3.90. The van der Waals surface area contributed by atoms with Gasteiger partial charge in [-0.1, -0.05) is 53.2 Å².